The topological polar surface area (TPSA) is 14.1 Å². The molecule has 0 fully saturated rings. The molecular weight excluding hydrogens is 174 g/mol. The first-order chi connectivity index (χ1) is 5.40. The molecule has 0 atom stereocenters. The van der Waals surface area contributed by atoms with Crippen LogP contribution >= 0.6 is 23.1 Å². The standard InChI is InChI=1S/C8H7NS2/c1-10-8-9-6-4-2-3-5-7(6)11-8/h2-5H,1H3/p+1. The van der Waals surface area contributed by atoms with Crippen molar-refractivity contribution in [1.82, 2.24) is 0 Å². The number of thiazole rings is 1. The monoisotopic (exact) mass is 182 g/mol. The highest BCUT2D eigenvalue weighted by atomic mass is 32.2. The van der Waals surface area contributed by atoms with Crippen molar-refractivity contribution in [2.45, 2.75) is 4.34 Å². The Morgan fingerprint density at radius 1 is 1.36 bits per heavy atom. The molecule has 0 aliphatic rings. The van der Waals surface area contributed by atoms with Gasteiger partial charge in [-0.25, -0.2) is 0 Å². The first-order valence-electron chi connectivity index (χ1n) is 3.35. The molecule has 56 valence electrons. The maximum atomic E-state index is 3.33. The summed E-state index contributed by atoms with van der Waals surface area (Å²) in [6.45, 7) is 0. The predicted molar refractivity (Wildman–Crippen MR) is 50.2 cm³/mol. The van der Waals surface area contributed by atoms with Crippen LogP contribution < -0.4 is 4.98 Å². The Hall–Kier alpha value is -0.540. The molecule has 0 aliphatic heterocycles. The van der Waals surface area contributed by atoms with Crippen molar-refractivity contribution in [2.75, 3.05) is 6.26 Å². The lowest BCUT2D eigenvalue weighted by atomic mass is 10.3. The van der Waals surface area contributed by atoms with Crippen molar-refractivity contribution in [3.05, 3.63) is 24.3 Å². The number of thioether (sulfide) groups is 1. The quantitative estimate of drug-likeness (QED) is 0.618. The van der Waals surface area contributed by atoms with Gasteiger partial charge in [-0.15, -0.1) is 0 Å². The Balaban J connectivity index is 2.69. The largest absolute Gasteiger partial charge is 0.296 e. The molecule has 0 spiro atoms. The van der Waals surface area contributed by atoms with E-state index in [2.05, 4.69) is 35.5 Å². The minimum absolute atomic E-state index is 1.24. The van der Waals surface area contributed by atoms with E-state index in [1.807, 2.05) is 0 Å². The van der Waals surface area contributed by atoms with E-state index < -0.39 is 0 Å². The first-order valence-corrected chi connectivity index (χ1v) is 5.39. The molecule has 0 saturated carbocycles. The minimum atomic E-state index is 1.24. The number of hydrogen-bond acceptors (Lipinski definition) is 2. The van der Waals surface area contributed by atoms with Gasteiger partial charge in [0.1, 0.15) is 4.70 Å². The van der Waals surface area contributed by atoms with Crippen molar-refractivity contribution in [3.63, 3.8) is 0 Å². The Bertz CT molecular complexity index is 334. The Kier molecular flexibility index (Phi) is 1.84. The number of aromatic nitrogens is 1. The fourth-order valence-electron chi connectivity index (χ4n) is 0.987. The average molecular weight is 182 g/mol. The van der Waals surface area contributed by atoms with Crippen LogP contribution in [0.4, 0.5) is 0 Å². The van der Waals surface area contributed by atoms with Gasteiger partial charge >= 0.3 is 0 Å². The van der Waals surface area contributed by atoms with E-state index in [0.717, 1.165) is 0 Å². The first kappa shape index (κ1) is 7.13. The number of benzene rings is 1. The lowest BCUT2D eigenvalue weighted by Crippen LogP contribution is -1.98. The van der Waals surface area contributed by atoms with Crippen molar-refractivity contribution in [3.8, 4) is 0 Å². The van der Waals surface area contributed by atoms with Crippen LogP contribution in [-0.2, 0) is 0 Å². The Morgan fingerprint density at radius 3 is 2.91 bits per heavy atom. The summed E-state index contributed by atoms with van der Waals surface area (Å²) in [5.41, 5.74) is 1.24. The number of nitrogens with one attached hydrogen (secondary N) is 1. The molecule has 0 bridgehead atoms. The smallest absolute Gasteiger partial charge is 0.189 e. The highest BCUT2D eigenvalue weighted by molar-refractivity contribution is 8.00. The molecule has 1 N–H and O–H groups in total. The van der Waals surface area contributed by atoms with Crippen molar-refractivity contribution >= 4 is 33.3 Å². The fourth-order valence-corrected chi connectivity index (χ4v) is 2.54. The fraction of sp³-hybridized carbons (Fsp3) is 0.125. The van der Waals surface area contributed by atoms with Gasteiger partial charge < -0.3 is 0 Å². The molecular formula is C8H8NS2+. The second-order valence-corrected chi connectivity index (χ2v) is 4.34. The summed E-state index contributed by atoms with van der Waals surface area (Å²) < 4.78 is 2.60. The zero-order chi connectivity index (χ0) is 7.68. The van der Waals surface area contributed by atoms with Crippen molar-refractivity contribution < 1.29 is 4.98 Å². The zero-order valence-corrected chi connectivity index (χ0v) is 7.76. The summed E-state index contributed by atoms with van der Waals surface area (Å²) in [6.07, 6.45) is 2.08. The molecule has 2 aromatic rings. The number of rotatable bonds is 1. The van der Waals surface area contributed by atoms with Crippen LogP contribution in [0.15, 0.2) is 28.6 Å². The zero-order valence-electron chi connectivity index (χ0n) is 6.13. The van der Waals surface area contributed by atoms with Crippen LogP contribution in [-0.4, -0.2) is 6.26 Å². The number of aromatic amines is 1. The second-order valence-electron chi connectivity index (χ2n) is 2.21. The van der Waals surface area contributed by atoms with Gasteiger partial charge in [0, 0.05) is 6.07 Å². The van der Waals surface area contributed by atoms with Crippen LogP contribution in [0.1, 0.15) is 0 Å². The Morgan fingerprint density at radius 2 is 2.18 bits per heavy atom. The van der Waals surface area contributed by atoms with Crippen LogP contribution in [0.3, 0.4) is 0 Å². The molecule has 1 nitrogen and oxygen atoms in total. The summed E-state index contributed by atoms with van der Waals surface area (Å²) in [5, 5.41) is 0. The molecule has 0 radical (unpaired) electrons. The highest BCUT2D eigenvalue weighted by Crippen LogP contribution is 2.23. The van der Waals surface area contributed by atoms with Gasteiger partial charge in [-0.05, 0) is 24.1 Å². The SMILES string of the molecule is CSc1[nH+]c2ccccc2s1. The molecule has 11 heavy (non-hydrogen) atoms. The highest BCUT2D eigenvalue weighted by Gasteiger charge is 2.07. The number of hydrogen-bond donors (Lipinski definition) is 0. The lowest BCUT2D eigenvalue weighted by Gasteiger charge is -1.75. The van der Waals surface area contributed by atoms with E-state index in [9.17, 15) is 0 Å². The summed E-state index contributed by atoms with van der Waals surface area (Å²) in [7, 11) is 0. The van der Waals surface area contributed by atoms with E-state index >= 15 is 0 Å². The van der Waals surface area contributed by atoms with E-state index in [-0.39, 0.29) is 0 Å². The van der Waals surface area contributed by atoms with Gasteiger partial charge in [0.25, 0.3) is 4.34 Å². The molecule has 1 aromatic heterocycles. The lowest BCUT2D eigenvalue weighted by molar-refractivity contribution is -0.385. The normalized spacial score (nSPS) is 10.6. The molecule has 0 aliphatic carbocycles. The molecule has 3 heteroatoms. The number of H-pyrrole nitrogens is 1. The molecule has 0 saturated heterocycles. The molecule has 2 rings (SSSR count). The predicted octanol–water partition coefficient (Wildman–Crippen LogP) is 2.44. The summed E-state index contributed by atoms with van der Waals surface area (Å²) in [5.74, 6) is 0. The molecule has 1 heterocycles. The van der Waals surface area contributed by atoms with E-state index in [4.69, 9.17) is 0 Å². The molecule has 0 amide bonds. The van der Waals surface area contributed by atoms with Gasteiger partial charge in [0.15, 0.2) is 0 Å². The number of fused-ring (bicyclic) bond motifs is 1. The minimum Gasteiger partial charge on any atom is -0.189 e. The average Bonchev–Trinajstić information content (AvgIpc) is 2.46. The third-order valence-electron chi connectivity index (χ3n) is 1.51. The van der Waals surface area contributed by atoms with Crippen molar-refractivity contribution in [2.24, 2.45) is 0 Å². The van der Waals surface area contributed by atoms with E-state index in [1.165, 1.54) is 14.6 Å². The third kappa shape index (κ3) is 1.26. The van der Waals surface area contributed by atoms with Gasteiger partial charge in [0.05, 0.1) is 0 Å². The second kappa shape index (κ2) is 2.83. The molecule has 0 unspecified atom stereocenters. The van der Waals surface area contributed by atoms with Gasteiger partial charge in [-0.3, -0.25) is 0 Å². The van der Waals surface area contributed by atoms with E-state index in [1.54, 1.807) is 23.1 Å². The van der Waals surface area contributed by atoms with E-state index in [0.29, 0.717) is 0 Å². The molecule has 1 aromatic carbocycles. The third-order valence-corrected chi connectivity index (χ3v) is 3.60. The van der Waals surface area contributed by atoms with Gasteiger partial charge in [0.2, 0.25) is 5.52 Å². The summed E-state index contributed by atoms with van der Waals surface area (Å²) in [6, 6.07) is 8.36. The van der Waals surface area contributed by atoms with Crippen LogP contribution in [0.5, 0.6) is 0 Å². The maximum absolute atomic E-state index is 3.33. The van der Waals surface area contributed by atoms with Crippen LogP contribution in [0, 0.1) is 0 Å². The maximum Gasteiger partial charge on any atom is 0.296 e. The Labute approximate surface area is 73.5 Å². The van der Waals surface area contributed by atoms with Gasteiger partial charge in [-0.2, -0.15) is 4.98 Å². The summed E-state index contributed by atoms with van der Waals surface area (Å²) in [4.78, 5) is 3.33. The van der Waals surface area contributed by atoms with Crippen molar-refractivity contribution in [1.29, 1.82) is 0 Å². The van der Waals surface area contributed by atoms with Crippen LogP contribution in [0.25, 0.3) is 10.2 Å². The van der Waals surface area contributed by atoms with Gasteiger partial charge in [-0.1, -0.05) is 23.5 Å². The summed E-state index contributed by atoms with van der Waals surface area (Å²) >= 11 is 3.56. The number of para-hydroxylation sites is 1. The van der Waals surface area contributed by atoms with Crippen LogP contribution in [0.2, 0.25) is 0 Å².